The molecule has 15 heavy (non-hydrogen) atoms. The van der Waals surface area contributed by atoms with Crippen molar-refractivity contribution < 1.29 is 4.92 Å². The molecule has 0 saturated carbocycles. The molecular formula is C9H8Br3NO2. The second-order valence-electron chi connectivity index (χ2n) is 3.20. The van der Waals surface area contributed by atoms with Crippen molar-refractivity contribution in [2.24, 2.45) is 0 Å². The molecule has 0 bridgehead atoms. The van der Waals surface area contributed by atoms with Crippen LogP contribution in [0.25, 0.3) is 0 Å². The lowest BCUT2D eigenvalue weighted by Gasteiger charge is -2.20. The summed E-state index contributed by atoms with van der Waals surface area (Å²) in [4.78, 5) is 10.1. The molecule has 0 fully saturated rings. The fourth-order valence-electron chi connectivity index (χ4n) is 1.06. The molecule has 0 aliphatic heterocycles. The summed E-state index contributed by atoms with van der Waals surface area (Å²) in [7, 11) is 0. The Hall–Kier alpha value is 0.0600. The van der Waals surface area contributed by atoms with Crippen LogP contribution in [0.3, 0.4) is 0 Å². The van der Waals surface area contributed by atoms with Crippen molar-refractivity contribution in [3.8, 4) is 0 Å². The Kier molecular flexibility index (Phi) is 4.31. The normalized spacial score (nSPS) is 16.8. The zero-order valence-corrected chi connectivity index (χ0v) is 12.5. The molecule has 0 aliphatic rings. The molecule has 0 saturated heterocycles. The monoisotopic (exact) mass is 399 g/mol. The van der Waals surface area contributed by atoms with Crippen molar-refractivity contribution in [2.45, 2.75) is 16.2 Å². The van der Waals surface area contributed by atoms with Gasteiger partial charge in [0, 0.05) is 32.2 Å². The topological polar surface area (TPSA) is 43.1 Å². The SMILES string of the molecule is C[C@](Br)([C@@H](Br)c1cccc(Br)c1)[N+](=O)[O-]. The summed E-state index contributed by atoms with van der Waals surface area (Å²) in [6, 6.07) is 7.41. The predicted octanol–water partition coefficient (Wildman–Crippen LogP) is 4.27. The zero-order chi connectivity index (χ0) is 11.6. The molecule has 0 aliphatic carbocycles. The van der Waals surface area contributed by atoms with Crippen molar-refractivity contribution >= 4 is 47.8 Å². The molecule has 1 rings (SSSR count). The number of benzene rings is 1. The number of hydrogen-bond donors (Lipinski definition) is 0. The second kappa shape index (κ2) is 4.93. The first-order valence-electron chi connectivity index (χ1n) is 4.08. The van der Waals surface area contributed by atoms with Crippen LogP contribution in [-0.4, -0.2) is 9.37 Å². The van der Waals surface area contributed by atoms with Crippen LogP contribution in [-0.2, 0) is 0 Å². The van der Waals surface area contributed by atoms with E-state index in [4.69, 9.17) is 0 Å². The summed E-state index contributed by atoms with van der Waals surface area (Å²) in [5.41, 5.74) is 0.848. The van der Waals surface area contributed by atoms with Gasteiger partial charge < -0.3 is 0 Å². The largest absolute Gasteiger partial charge is 0.288 e. The quantitative estimate of drug-likeness (QED) is 0.328. The summed E-state index contributed by atoms with van der Waals surface area (Å²) in [6.45, 7) is 1.52. The van der Waals surface area contributed by atoms with E-state index in [1.807, 2.05) is 24.3 Å². The van der Waals surface area contributed by atoms with Gasteiger partial charge in [-0.25, -0.2) is 0 Å². The number of hydrogen-bond acceptors (Lipinski definition) is 2. The number of rotatable bonds is 3. The molecule has 0 N–H and O–H groups in total. The van der Waals surface area contributed by atoms with Crippen LogP contribution in [0.5, 0.6) is 0 Å². The minimum absolute atomic E-state index is 0.354. The molecule has 1 aromatic carbocycles. The molecule has 0 spiro atoms. The van der Waals surface area contributed by atoms with Crippen molar-refractivity contribution in [2.75, 3.05) is 0 Å². The van der Waals surface area contributed by atoms with Crippen LogP contribution in [0.2, 0.25) is 0 Å². The number of nitro groups is 1. The van der Waals surface area contributed by atoms with Crippen LogP contribution in [0.1, 0.15) is 17.3 Å². The molecule has 1 aromatic rings. The standard InChI is InChI=1S/C9H8Br3NO2/c1-9(12,13(14)15)8(11)6-3-2-4-7(10)5-6/h2-5,8H,1H3/t8-,9+/m0/s1. The maximum absolute atomic E-state index is 10.8. The highest BCUT2D eigenvalue weighted by Crippen LogP contribution is 2.41. The van der Waals surface area contributed by atoms with Gasteiger partial charge in [-0.15, -0.1) is 0 Å². The highest BCUT2D eigenvalue weighted by Gasteiger charge is 2.42. The lowest BCUT2D eigenvalue weighted by Crippen LogP contribution is -2.31. The minimum Gasteiger partial charge on any atom is -0.263 e. The molecular weight excluding hydrogens is 394 g/mol. The maximum Gasteiger partial charge on any atom is 0.288 e. The molecule has 2 atom stereocenters. The van der Waals surface area contributed by atoms with Crippen molar-refractivity contribution in [3.63, 3.8) is 0 Å². The molecule has 0 amide bonds. The van der Waals surface area contributed by atoms with E-state index in [0.717, 1.165) is 10.0 Å². The van der Waals surface area contributed by atoms with E-state index in [-0.39, 0.29) is 4.92 Å². The highest BCUT2D eigenvalue weighted by molar-refractivity contribution is 9.12. The van der Waals surface area contributed by atoms with Gasteiger partial charge in [0.2, 0.25) is 0 Å². The lowest BCUT2D eigenvalue weighted by molar-refractivity contribution is -0.530. The van der Waals surface area contributed by atoms with Crippen LogP contribution in [0, 0.1) is 10.1 Å². The summed E-state index contributed by atoms with van der Waals surface area (Å²) in [5, 5.41) is 10.8. The third kappa shape index (κ3) is 3.01. The van der Waals surface area contributed by atoms with Gasteiger partial charge in [-0.1, -0.05) is 44.0 Å². The smallest absolute Gasteiger partial charge is 0.263 e. The number of halogens is 3. The minimum atomic E-state index is -1.21. The Labute approximate surface area is 113 Å². The molecule has 0 heterocycles. The van der Waals surface area contributed by atoms with Crippen LogP contribution in [0.4, 0.5) is 0 Å². The average Bonchev–Trinajstić information content (AvgIpc) is 2.16. The van der Waals surface area contributed by atoms with Gasteiger partial charge in [0.1, 0.15) is 4.83 Å². The average molecular weight is 402 g/mol. The van der Waals surface area contributed by atoms with Gasteiger partial charge in [0.15, 0.2) is 0 Å². The Balaban J connectivity index is 3.04. The first-order valence-corrected chi connectivity index (χ1v) is 6.59. The Morgan fingerprint density at radius 2 is 2.13 bits per heavy atom. The van der Waals surface area contributed by atoms with Gasteiger partial charge in [0.05, 0.1) is 0 Å². The molecule has 3 nitrogen and oxygen atoms in total. The third-order valence-corrected chi connectivity index (χ3v) is 5.24. The molecule has 0 unspecified atom stereocenters. The first-order chi connectivity index (χ1) is 6.85. The zero-order valence-electron chi connectivity index (χ0n) is 7.78. The Bertz CT molecular complexity index is 381. The van der Waals surface area contributed by atoms with Crippen LogP contribution in [0.15, 0.2) is 28.7 Å². The second-order valence-corrected chi connectivity index (χ2v) is 6.64. The molecule has 6 heteroatoms. The summed E-state index contributed by atoms with van der Waals surface area (Å²) >= 11 is 9.77. The fraction of sp³-hybridized carbons (Fsp3) is 0.333. The molecule has 0 aromatic heterocycles. The van der Waals surface area contributed by atoms with E-state index >= 15 is 0 Å². The number of nitrogens with zero attached hydrogens (tertiary/aromatic N) is 1. The van der Waals surface area contributed by atoms with E-state index in [1.165, 1.54) is 6.92 Å². The fourth-order valence-corrected chi connectivity index (χ4v) is 2.19. The number of alkyl halides is 2. The van der Waals surface area contributed by atoms with E-state index in [9.17, 15) is 10.1 Å². The van der Waals surface area contributed by atoms with Gasteiger partial charge in [-0.3, -0.25) is 10.1 Å². The van der Waals surface area contributed by atoms with E-state index in [0.29, 0.717) is 0 Å². The van der Waals surface area contributed by atoms with Crippen LogP contribution < -0.4 is 0 Å². The highest BCUT2D eigenvalue weighted by atomic mass is 79.9. The summed E-state index contributed by atoms with van der Waals surface area (Å²) in [5.74, 6) is 0. The van der Waals surface area contributed by atoms with E-state index in [2.05, 4.69) is 47.8 Å². The summed E-state index contributed by atoms with van der Waals surface area (Å²) in [6.07, 6.45) is 0. The summed E-state index contributed by atoms with van der Waals surface area (Å²) < 4.78 is -0.315. The van der Waals surface area contributed by atoms with Gasteiger partial charge in [0.25, 0.3) is 4.45 Å². The third-order valence-electron chi connectivity index (χ3n) is 1.96. The Morgan fingerprint density at radius 1 is 1.53 bits per heavy atom. The Morgan fingerprint density at radius 3 is 2.60 bits per heavy atom. The van der Waals surface area contributed by atoms with E-state index < -0.39 is 9.28 Å². The van der Waals surface area contributed by atoms with Crippen molar-refractivity contribution in [1.29, 1.82) is 0 Å². The van der Waals surface area contributed by atoms with Gasteiger partial charge in [-0.05, 0) is 17.7 Å². The van der Waals surface area contributed by atoms with Gasteiger partial charge in [-0.2, -0.15) is 0 Å². The van der Waals surface area contributed by atoms with Gasteiger partial charge >= 0.3 is 0 Å². The first kappa shape index (κ1) is 13.1. The molecule has 82 valence electrons. The predicted molar refractivity (Wildman–Crippen MR) is 70.1 cm³/mol. The maximum atomic E-state index is 10.8. The lowest BCUT2D eigenvalue weighted by atomic mass is 10.1. The van der Waals surface area contributed by atoms with Crippen LogP contribution >= 0.6 is 47.8 Å². The van der Waals surface area contributed by atoms with Crippen molar-refractivity contribution in [3.05, 3.63) is 44.4 Å². The van der Waals surface area contributed by atoms with E-state index in [1.54, 1.807) is 0 Å². The van der Waals surface area contributed by atoms with Crippen molar-refractivity contribution in [1.82, 2.24) is 0 Å². The molecule has 0 radical (unpaired) electrons.